The van der Waals surface area contributed by atoms with E-state index in [-0.39, 0.29) is 17.5 Å². The molecule has 0 radical (unpaired) electrons. The average Bonchev–Trinajstić information content (AvgIpc) is 2.91. The van der Waals surface area contributed by atoms with Gasteiger partial charge in [0.2, 0.25) is 5.91 Å². The van der Waals surface area contributed by atoms with E-state index in [1.54, 1.807) is 0 Å². The van der Waals surface area contributed by atoms with Gasteiger partial charge >= 0.3 is 0 Å². The highest BCUT2D eigenvalue weighted by Crippen LogP contribution is 2.13. The lowest BCUT2D eigenvalue weighted by Crippen LogP contribution is -2.30. The molecule has 120 valence electrons. The Morgan fingerprint density at radius 3 is 2.64 bits per heavy atom. The van der Waals surface area contributed by atoms with E-state index in [4.69, 9.17) is 0 Å². The maximum atomic E-state index is 12.8. The number of likely N-dealkylation sites (tertiary alicyclic amines) is 1. The lowest BCUT2D eigenvalue weighted by molar-refractivity contribution is -0.121. The molecule has 0 spiro atoms. The molecule has 0 unspecified atom stereocenters. The van der Waals surface area contributed by atoms with Crippen molar-refractivity contribution in [2.24, 2.45) is 5.92 Å². The fraction of sp³-hybridized carbons (Fsp3) is 0.529. The number of carbonyl (C=O) groups is 2. The summed E-state index contributed by atoms with van der Waals surface area (Å²) in [6.07, 6.45) is 2.31. The summed E-state index contributed by atoms with van der Waals surface area (Å²) >= 11 is 0. The summed E-state index contributed by atoms with van der Waals surface area (Å²) in [5, 5.41) is 2.94. The molecule has 0 bridgehead atoms. The van der Waals surface area contributed by atoms with E-state index in [9.17, 15) is 14.0 Å². The first-order valence-corrected chi connectivity index (χ1v) is 7.78. The Labute approximate surface area is 130 Å². The monoisotopic (exact) mass is 306 g/mol. The van der Waals surface area contributed by atoms with Crippen LogP contribution in [0, 0.1) is 11.7 Å². The summed E-state index contributed by atoms with van der Waals surface area (Å²) in [6.45, 7) is 2.84. The Hall–Kier alpha value is -1.75. The van der Waals surface area contributed by atoms with Crippen LogP contribution in [0.25, 0.3) is 0 Å². The van der Waals surface area contributed by atoms with Crippen LogP contribution in [0.3, 0.4) is 0 Å². The molecule has 2 rings (SSSR count). The number of benzene rings is 1. The number of carbonyl (C=O) groups excluding carboxylic acids is 2. The smallest absolute Gasteiger partial charge is 0.220 e. The van der Waals surface area contributed by atoms with Gasteiger partial charge < -0.3 is 10.2 Å². The Bertz CT molecular complexity index is 516. The number of hydrogen-bond acceptors (Lipinski definition) is 3. The molecule has 1 aliphatic heterocycles. The number of nitrogens with zero attached hydrogens (tertiary/aromatic N) is 1. The van der Waals surface area contributed by atoms with Gasteiger partial charge in [0.05, 0.1) is 0 Å². The standard InChI is InChI=1S/C17H23FN2O2/c1-20-10-9-13(12-20)11-19-17(22)4-2-3-16(21)14-5-7-15(18)8-6-14/h5-8,13H,2-4,9-12H2,1H3,(H,19,22)/t13-/m0/s1. The highest BCUT2D eigenvalue weighted by Gasteiger charge is 2.19. The molecule has 0 aliphatic carbocycles. The Morgan fingerprint density at radius 2 is 2.00 bits per heavy atom. The van der Waals surface area contributed by atoms with E-state index < -0.39 is 0 Å². The van der Waals surface area contributed by atoms with Crippen molar-refractivity contribution < 1.29 is 14.0 Å². The molecular weight excluding hydrogens is 283 g/mol. The van der Waals surface area contributed by atoms with Crippen molar-refractivity contribution >= 4 is 11.7 Å². The highest BCUT2D eigenvalue weighted by atomic mass is 19.1. The first kappa shape index (κ1) is 16.6. The van der Waals surface area contributed by atoms with Crippen LogP contribution < -0.4 is 5.32 Å². The number of rotatable bonds is 7. The van der Waals surface area contributed by atoms with E-state index in [1.807, 2.05) is 0 Å². The third kappa shape index (κ3) is 5.22. The summed E-state index contributed by atoms with van der Waals surface area (Å²) in [5.41, 5.74) is 0.496. The topological polar surface area (TPSA) is 49.4 Å². The summed E-state index contributed by atoms with van der Waals surface area (Å²) in [6, 6.07) is 5.51. The van der Waals surface area contributed by atoms with E-state index in [2.05, 4.69) is 17.3 Å². The molecule has 1 fully saturated rings. The second-order valence-corrected chi connectivity index (χ2v) is 6.00. The molecule has 5 heteroatoms. The van der Waals surface area contributed by atoms with Crippen molar-refractivity contribution in [3.05, 3.63) is 35.6 Å². The van der Waals surface area contributed by atoms with Gasteiger partial charge in [-0.1, -0.05) is 0 Å². The lowest BCUT2D eigenvalue weighted by atomic mass is 10.1. The van der Waals surface area contributed by atoms with Crippen molar-refractivity contribution in [3.63, 3.8) is 0 Å². The van der Waals surface area contributed by atoms with Crippen LogP contribution in [0.4, 0.5) is 4.39 Å². The maximum Gasteiger partial charge on any atom is 0.220 e. The van der Waals surface area contributed by atoms with Gasteiger partial charge in [0.15, 0.2) is 5.78 Å². The largest absolute Gasteiger partial charge is 0.356 e. The predicted octanol–water partition coefficient (Wildman–Crippen LogP) is 2.25. The van der Waals surface area contributed by atoms with E-state index in [1.165, 1.54) is 24.3 Å². The SMILES string of the molecule is CN1CC[C@@H](CNC(=O)CCCC(=O)c2ccc(F)cc2)C1. The maximum absolute atomic E-state index is 12.8. The fourth-order valence-electron chi connectivity index (χ4n) is 2.73. The van der Waals surface area contributed by atoms with Crippen molar-refractivity contribution in [3.8, 4) is 0 Å². The van der Waals surface area contributed by atoms with E-state index >= 15 is 0 Å². The van der Waals surface area contributed by atoms with Crippen molar-refractivity contribution in [2.45, 2.75) is 25.7 Å². The van der Waals surface area contributed by atoms with Crippen LogP contribution in [0.5, 0.6) is 0 Å². The zero-order valence-corrected chi connectivity index (χ0v) is 13.0. The van der Waals surface area contributed by atoms with Gasteiger partial charge in [0.25, 0.3) is 0 Å². The molecule has 4 nitrogen and oxygen atoms in total. The Balaban J connectivity index is 1.62. The number of Topliss-reactive ketones (excluding diaryl/α,β-unsaturated/α-hetero) is 1. The summed E-state index contributed by atoms with van der Waals surface area (Å²) < 4.78 is 12.8. The molecule has 1 amide bonds. The molecular formula is C17H23FN2O2. The van der Waals surface area contributed by atoms with E-state index in [0.29, 0.717) is 30.7 Å². The zero-order chi connectivity index (χ0) is 15.9. The van der Waals surface area contributed by atoms with Crippen LogP contribution in [0.1, 0.15) is 36.0 Å². The number of hydrogen-bond donors (Lipinski definition) is 1. The number of nitrogens with one attached hydrogen (secondary N) is 1. The molecule has 22 heavy (non-hydrogen) atoms. The lowest BCUT2D eigenvalue weighted by Gasteiger charge is -2.11. The van der Waals surface area contributed by atoms with Gasteiger partial charge in [0.1, 0.15) is 5.82 Å². The van der Waals surface area contributed by atoms with Crippen molar-refractivity contribution in [2.75, 3.05) is 26.7 Å². The quantitative estimate of drug-likeness (QED) is 0.786. The summed E-state index contributed by atoms with van der Waals surface area (Å²) in [7, 11) is 2.09. The van der Waals surface area contributed by atoms with Gasteiger partial charge in [-0.15, -0.1) is 0 Å². The molecule has 1 heterocycles. The van der Waals surface area contributed by atoms with Crippen LogP contribution in [0.2, 0.25) is 0 Å². The number of halogens is 1. The van der Waals surface area contributed by atoms with Crippen LogP contribution in [-0.4, -0.2) is 43.3 Å². The Kier molecular flexibility index (Phi) is 6.07. The summed E-state index contributed by atoms with van der Waals surface area (Å²) in [5.74, 6) is 0.134. The predicted molar refractivity (Wildman–Crippen MR) is 83.2 cm³/mol. The first-order valence-electron chi connectivity index (χ1n) is 7.78. The molecule has 1 saturated heterocycles. The van der Waals surface area contributed by atoms with Gasteiger partial charge in [-0.3, -0.25) is 9.59 Å². The van der Waals surface area contributed by atoms with Gasteiger partial charge in [0, 0.05) is 31.5 Å². The Morgan fingerprint density at radius 1 is 1.27 bits per heavy atom. The summed E-state index contributed by atoms with van der Waals surface area (Å²) in [4.78, 5) is 25.9. The first-order chi connectivity index (χ1) is 10.5. The molecule has 1 atom stereocenters. The third-order valence-corrected chi connectivity index (χ3v) is 4.05. The molecule has 1 aromatic rings. The van der Waals surface area contributed by atoms with Gasteiger partial charge in [-0.2, -0.15) is 0 Å². The minimum Gasteiger partial charge on any atom is -0.356 e. The molecule has 1 N–H and O–H groups in total. The third-order valence-electron chi connectivity index (χ3n) is 4.05. The van der Waals surface area contributed by atoms with Gasteiger partial charge in [-0.25, -0.2) is 4.39 Å². The molecule has 1 aromatic carbocycles. The van der Waals surface area contributed by atoms with Crippen LogP contribution in [0.15, 0.2) is 24.3 Å². The molecule has 0 aromatic heterocycles. The van der Waals surface area contributed by atoms with Crippen molar-refractivity contribution in [1.82, 2.24) is 10.2 Å². The highest BCUT2D eigenvalue weighted by molar-refractivity contribution is 5.96. The number of ketones is 1. The molecule has 0 saturated carbocycles. The van der Waals surface area contributed by atoms with Crippen molar-refractivity contribution in [1.29, 1.82) is 0 Å². The normalized spacial score (nSPS) is 18.4. The minimum absolute atomic E-state index is 0.00135. The van der Waals surface area contributed by atoms with E-state index in [0.717, 1.165) is 26.1 Å². The minimum atomic E-state index is -0.353. The molecule has 1 aliphatic rings. The number of amides is 1. The second kappa shape index (κ2) is 8.03. The van der Waals surface area contributed by atoms with Crippen LogP contribution >= 0.6 is 0 Å². The van der Waals surface area contributed by atoms with Crippen LogP contribution in [-0.2, 0) is 4.79 Å². The average molecular weight is 306 g/mol. The van der Waals surface area contributed by atoms with Gasteiger partial charge in [-0.05, 0) is 56.6 Å². The fourth-order valence-corrected chi connectivity index (χ4v) is 2.73. The zero-order valence-electron chi connectivity index (χ0n) is 13.0. The second-order valence-electron chi connectivity index (χ2n) is 6.00.